The van der Waals surface area contributed by atoms with Crippen LogP contribution < -0.4 is 10.1 Å². The average molecular weight is 385 g/mol. The van der Waals surface area contributed by atoms with Crippen molar-refractivity contribution in [2.45, 2.75) is 25.9 Å². The summed E-state index contributed by atoms with van der Waals surface area (Å²) in [4.78, 5) is 20.1. The number of alkyl halides is 1. The monoisotopic (exact) mass is 385 g/mol. The molecule has 0 aliphatic carbocycles. The minimum Gasteiger partial charge on any atom is -0.497 e. The quantitative estimate of drug-likeness (QED) is 0.743. The first-order valence-corrected chi connectivity index (χ1v) is 8.86. The smallest absolute Gasteiger partial charge is 0.222 e. The third-order valence-electron chi connectivity index (χ3n) is 4.72. The van der Waals surface area contributed by atoms with Crippen LogP contribution in [0.25, 0.3) is 16.7 Å². The molecule has 0 saturated carbocycles. The first-order valence-electron chi connectivity index (χ1n) is 8.86. The standard InChI is InChI=1S/C19H20FN5O3/c1-11-14-9-21-17(22-12(2)26)8-15(14)25(24-11)18-7-13(27-3)6-16(23-18)19(20)4-5-28-10-19/h6-9H,4-5,10H2,1-3H3,(H,21,22,26)/t19-/m1/s1. The van der Waals surface area contributed by atoms with Gasteiger partial charge in [0.25, 0.3) is 0 Å². The van der Waals surface area contributed by atoms with Gasteiger partial charge in [-0.3, -0.25) is 4.79 Å². The van der Waals surface area contributed by atoms with Crippen molar-refractivity contribution in [3.63, 3.8) is 0 Å². The lowest BCUT2D eigenvalue weighted by Gasteiger charge is -2.18. The highest BCUT2D eigenvalue weighted by Gasteiger charge is 2.39. The fourth-order valence-electron chi connectivity index (χ4n) is 3.27. The van der Waals surface area contributed by atoms with Crippen molar-refractivity contribution in [2.24, 2.45) is 0 Å². The van der Waals surface area contributed by atoms with E-state index in [2.05, 4.69) is 20.4 Å². The molecule has 0 spiro atoms. The second kappa shape index (κ2) is 6.83. The zero-order valence-corrected chi connectivity index (χ0v) is 15.8. The molecule has 4 heterocycles. The Kier molecular flexibility index (Phi) is 4.46. The molecule has 0 radical (unpaired) electrons. The van der Waals surface area contributed by atoms with Gasteiger partial charge in [0.1, 0.15) is 11.6 Å². The Balaban J connectivity index is 1.88. The molecule has 1 N–H and O–H groups in total. The molecule has 28 heavy (non-hydrogen) atoms. The molecule has 0 bridgehead atoms. The maximum Gasteiger partial charge on any atom is 0.222 e. The Morgan fingerprint density at radius 1 is 1.39 bits per heavy atom. The lowest BCUT2D eigenvalue weighted by Crippen LogP contribution is -2.22. The zero-order valence-electron chi connectivity index (χ0n) is 15.8. The summed E-state index contributed by atoms with van der Waals surface area (Å²) in [6, 6.07) is 4.98. The molecule has 1 amide bonds. The highest BCUT2D eigenvalue weighted by molar-refractivity contribution is 5.91. The Bertz CT molecular complexity index is 1060. The van der Waals surface area contributed by atoms with Gasteiger partial charge in [0, 0.05) is 43.1 Å². The predicted molar refractivity (Wildman–Crippen MR) is 100 cm³/mol. The topological polar surface area (TPSA) is 91.2 Å². The summed E-state index contributed by atoms with van der Waals surface area (Å²) in [6.45, 7) is 3.57. The molecule has 1 fully saturated rings. The number of pyridine rings is 2. The average Bonchev–Trinajstić information content (AvgIpc) is 3.25. The number of rotatable bonds is 4. The van der Waals surface area contributed by atoms with Crippen molar-refractivity contribution in [1.82, 2.24) is 19.7 Å². The highest BCUT2D eigenvalue weighted by atomic mass is 19.1. The number of carbonyl (C=O) groups excluding carboxylic acids is 1. The summed E-state index contributed by atoms with van der Waals surface area (Å²) >= 11 is 0. The van der Waals surface area contributed by atoms with Gasteiger partial charge in [-0.15, -0.1) is 0 Å². The van der Waals surface area contributed by atoms with Crippen molar-refractivity contribution in [3.05, 3.63) is 35.8 Å². The van der Waals surface area contributed by atoms with E-state index in [1.54, 1.807) is 29.1 Å². The van der Waals surface area contributed by atoms with E-state index in [1.165, 1.54) is 14.0 Å². The van der Waals surface area contributed by atoms with Crippen molar-refractivity contribution in [1.29, 1.82) is 0 Å². The van der Waals surface area contributed by atoms with Gasteiger partial charge in [0.2, 0.25) is 5.91 Å². The van der Waals surface area contributed by atoms with Crippen molar-refractivity contribution in [2.75, 3.05) is 25.6 Å². The zero-order chi connectivity index (χ0) is 19.9. The molecule has 0 aromatic carbocycles. The number of halogens is 1. The Labute approximate surface area is 160 Å². The highest BCUT2D eigenvalue weighted by Crippen LogP contribution is 2.36. The molecule has 8 nitrogen and oxygen atoms in total. The van der Waals surface area contributed by atoms with E-state index in [0.29, 0.717) is 29.5 Å². The molecule has 4 rings (SSSR count). The number of aryl methyl sites for hydroxylation is 1. The summed E-state index contributed by atoms with van der Waals surface area (Å²) in [6.07, 6.45) is 1.88. The summed E-state index contributed by atoms with van der Waals surface area (Å²) in [7, 11) is 1.52. The lowest BCUT2D eigenvalue weighted by molar-refractivity contribution is -0.114. The van der Waals surface area contributed by atoms with Crippen LogP contribution in [0, 0.1) is 6.92 Å². The van der Waals surface area contributed by atoms with Gasteiger partial charge in [-0.05, 0) is 6.92 Å². The SMILES string of the molecule is COc1cc(-n2nc(C)c3cnc(NC(C)=O)cc32)nc([C@@]2(F)CCOC2)c1. The number of nitrogens with zero attached hydrogens (tertiary/aromatic N) is 4. The van der Waals surface area contributed by atoms with Crippen LogP contribution in [0.2, 0.25) is 0 Å². The molecule has 1 aliphatic rings. The summed E-state index contributed by atoms with van der Waals surface area (Å²) in [5, 5.41) is 8.00. The number of aromatic nitrogens is 4. The van der Waals surface area contributed by atoms with E-state index in [1.807, 2.05) is 6.92 Å². The fourth-order valence-corrected chi connectivity index (χ4v) is 3.27. The van der Waals surface area contributed by atoms with Gasteiger partial charge in [-0.2, -0.15) is 5.10 Å². The molecule has 0 unspecified atom stereocenters. The predicted octanol–water partition coefficient (Wildman–Crippen LogP) is 2.68. The van der Waals surface area contributed by atoms with Gasteiger partial charge in [0.05, 0.1) is 37.2 Å². The van der Waals surface area contributed by atoms with E-state index >= 15 is 4.39 Å². The van der Waals surface area contributed by atoms with Crippen LogP contribution in [0.3, 0.4) is 0 Å². The number of amides is 1. The van der Waals surface area contributed by atoms with Gasteiger partial charge in [-0.1, -0.05) is 0 Å². The molecular weight excluding hydrogens is 365 g/mol. The molecule has 146 valence electrons. The number of hydrogen-bond donors (Lipinski definition) is 1. The van der Waals surface area contributed by atoms with Gasteiger partial charge in [0.15, 0.2) is 11.5 Å². The van der Waals surface area contributed by atoms with Gasteiger partial charge < -0.3 is 14.8 Å². The Morgan fingerprint density at radius 3 is 2.89 bits per heavy atom. The van der Waals surface area contributed by atoms with Crippen molar-refractivity contribution >= 4 is 22.6 Å². The number of anilines is 1. The fraction of sp³-hybridized carbons (Fsp3) is 0.368. The van der Waals surface area contributed by atoms with Crippen LogP contribution in [-0.4, -0.2) is 46.0 Å². The summed E-state index contributed by atoms with van der Waals surface area (Å²) in [5.74, 6) is 1.06. The van der Waals surface area contributed by atoms with Crippen LogP contribution in [0.5, 0.6) is 5.75 Å². The number of hydrogen-bond acceptors (Lipinski definition) is 6. The number of fused-ring (bicyclic) bond motifs is 1. The lowest BCUT2D eigenvalue weighted by atomic mass is 10.0. The third kappa shape index (κ3) is 3.18. The molecule has 9 heteroatoms. The Morgan fingerprint density at radius 2 is 2.21 bits per heavy atom. The molecule has 1 atom stereocenters. The normalized spacial score (nSPS) is 19.1. The number of methoxy groups -OCH3 is 1. The third-order valence-corrected chi connectivity index (χ3v) is 4.72. The van der Waals surface area contributed by atoms with Crippen LogP contribution in [0.15, 0.2) is 24.4 Å². The minimum atomic E-state index is -1.66. The first kappa shape index (κ1) is 18.3. The molecule has 1 aliphatic heterocycles. The number of ether oxygens (including phenoxy) is 2. The first-order chi connectivity index (χ1) is 13.4. The van der Waals surface area contributed by atoms with E-state index < -0.39 is 5.67 Å². The molecule has 3 aromatic rings. The minimum absolute atomic E-state index is 0.0396. The summed E-state index contributed by atoms with van der Waals surface area (Å²) in [5.41, 5.74) is 0.0158. The van der Waals surface area contributed by atoms with Crippen LogP contribution in [0.4, 0.5) is 10.2 Å². The maximum atomic E-state index is 15.3. The van der Waals surface area contributed by atoms with E-state index in [4.69, 9.17) is 9.47 Å². The van der Waals surface area contributed by atoms with Crippen molar-refractivity contribution in [3.8, 4) is 11.6 Å². The molecular formula is C19H20FN5O3. The number of carbonyl (C=O) groups is 1. The maximum absolute atomic E-state index is 15.3. The second-order valence-electron chi connectivity index (χ2n) is 6.78. The van der Waals surface area contributed by atoms with Crippen molar-refractivity contribution < 1.29 is 18.7 Å². The second-order valence-corrected chi connectivity index (χ2v) is 6.78. The van der Waals surface area contributed by atoms with Gasteiger partial charge >= 0.3 is 0 Å². The van der Waals surface area contributed by atoms with Crippen LogP contribution in [-0.2, 0) is 15.2 Å². The molecule has 1 saturated heterocycles. The van der Waals surface area contributed by atoms with Crippen LogP contribution >= 0.6 is 0 Å². The van der Waals surface area contributed by atoms with E-state index in [9.17, 15) is 4.79 Å². The largest absolute Gasteiger partial charge is 0.497 e. The molecule has 3 aromatic heterocycles. The van der Waals surface area contributed by atoms with E-state index in [0.717, 1.165) is 11.1 Å². The number of nitrogens with one attached hydrogen (secondary N) is 1. The Hall–Kier alpha value is -3.07. The van der Waals surface area contributed by atoms with E-state index in [-0.39, 0.29) is 24.6 Å². The summed E-state index contributed by atoms with van der Waals surface area (Å²) < 4.78 is 27.4. The van der Waals surface area contributed by atoms with Crippen LogP contribution in [0.1, 0.15) is 24.7 Å². The van der Waals surface area contributed by atoms with Gasteiger partial charge in [-0.25, -0.2) is 19.0 Å².